The van der Waals surface area contributed by atoms with E-state index in [1.54, 1.807) is 0 Å². The van der Waals surface area contributed by atoms with Crippen LogP contribution in [0.5, 0.6) is 0 Å². The highest BCUT2D eigenvalue weighted by Gasteiger charge is 2.22. The topological polar surface area (TPSA) is 82.8 Å². The molecule has 0 atom stereocenters. The minimum absolute atomic E-state index is 0.206. The number of guanidine groups is 1. The molecule has 2 rings (SSSR count). The Kier molecular flexibility index (Phi) is 8.77. The van der Waals surface area contributed by atoms with Crippen LogP contribution in [0.15, 0.2) is 35.3 Å². The maximum absolute atomic E-state index is 11.0. The van der Waals surface area contributed by atoms with Gasteiger partial charge in [0.05, 0.1) is 6.54 Å². The molecule has 0 radical (unpaired) electrons. The van der Waals surface area contributed by atoms with Crippen LogP contribution >= 0.6 is 0 Å². The van der Waals surface area contributed by atoms with Crippen LogP contribution in [-0.2, 0) is 11.2 Å². The zero-order chi connectivity index (χ0) is 20.4. The fourth-order valence-electron chi connectivity index (χ4n) is 3.67. The van der Waals surface area contributed by atoms with E-state index in [2.05, 4.69) is 64.7 Å². The number of nitrogens with zero attached hydrogens (tertiary/aromatic N) is 2. The van der Waals surface area contributed by atoms with Gasteiger partial charge in [-0.05, 0) is 43.1 Å². The minimum Gasteiger partial charge on any atom is -0.369 e. The summed E-state index contributed by atoms with van der Waals surface area (Å²) in [7, 11) is 1.82. The minimum atomic E-state index is -0.251. The molecule has 1 aromatic carbocycles. The van der Waals surface area contributed by atoms with E-state index in [-0.39, 0.29) is 11.3 Å². The zero-order valence-corrected chi connectivity index (χ0v) is 17.7. The summed E-state index contributed by atoms with van der Waals surface area (Å²) < 4.78 is 0. The SMILES string of the molecule is CN=C(NCC(C)(C)CCCc1ccccc1)NC1CCN(CC(N)=O)CC1. The Bertz CT molecular complexity index is 621. The third kappa shape index (κ3) is 8.30. The Labute approximate surface area is 170 Å². The van der Waals surface area contributed by atoms with Crippen molar-refractivity contribution in [1.82, 2.24) is 15.5 Å². The molecule has 1 saturated heterocycles. The number of nitrogens with one attached hydrogen (secondary N) is 2. The van der Waals surface area contributed by atoms with Crippen molar-refractivity contribution in [1.29, 1.82) is 0 Å². The van der Waals surface area contributed by atoms with Gasteiger partial charge in [0, 0.05) is 32.7 Å². The number of aryl methyl sites for hydroxylation is 1. The maximum atomic E-state index is 11.0. The number of hydrogen-bond donors (Lipinski definition) is 3. The number of benzene rings is 1. The molecule has 4 N–H and O–H groups in total. The van der Waals surface area contributed by atoms with Gasteiger partial charge in [0.1, 0.15) is 0 Å². The Morgan fingerprint density at radius 3 is 2.54 bits per heavy atom. The number of rotatable bonds is 9. The van der Waals surface area contributed by atoms with E-state index in [1.165, 1.54) is 12.0 Å². The standard InChI is InChI=1S/C22H37N5O/c1-22(2,13-7-10-18-8-5-4-6-9-18)17-25-21(24-3)26-19-11-14-27(15-12-19)16-20(23)28/h4-6,8-9,19H,7,10-17H2,1-3H3,(H2,23,28)(H2,24,25,26). The van der Waals surface area contributed by atoms with E-state index in [9.17, 15) is 4.79 Å². The Hall–Kier alpha value is -2.08. The van der Waals surface area contributed by atoms with Crippen LogP contribution in [0.1, 0.15) is 45.1 Å². The van der Waals surface area contributed by atoms with E-state index in [0.717, 1.165) is 51.3 Å². The van der Waals surface area contributed by atoms with Crippen molar-refractivity contribution in [2.75, 3.05) is 33.2 Å². The fourth-order valence-corrected chi connectivity index (χ4v) is 3.67. The average Bonchev–Trinajstić information content (AvgIpc) is 2.67. The first-order valence-electron chi connectivity index (χ1n) is 10.4. The van der Waals surface area contributed by atoms with Gasteiger partial charge in [0.2, 0.25) is 5.91 Å². The second-order valence-corrected chi connectivity index (χ2v) is 8.59. The number of hydrogen-bond acceptors (Lipinski definition) is 3. The zero-order valence-electron chi connectivity index (χ0n) is 17.7. The van der Waals surface area contributed by atoms with Crippen molar-refractivity contribution >= 4 is 11.9 Å². The van der Waals surface area contributed by atoms with E-state index < -0.39 is 0 Å². The number of piperidine rings is 1. The van der Waals surface area contributed by atoms with Gasteiger partial charge in [0.25, 0.3) is 0 Å². The molecule has 0 unspecified atom stereocenters. The monoisotopic (exact) mass is 387 g/mol. The van der Waals surface area contributed by atoms with Crippen LogP contribution in [0.25, 0.3) is 0 Å². The lowest BCUT2D eigenvalue weighted by Crippen LogP contribution is -2.51. The largest absolute Gasteiger partial charge is 0.369 e. The lowest BCUT2D eigenvalue weighted by molar-refractivity contribution is -0.119. The summed E-state index contributed by atoms with van der Waals surface area (Å²) in [5, 5.41) is 7.03. The molecule has 28 heavy (non-hydrogen) atoms. The van der Waals surface area contributed by atoms with Crippen molar-refractivity contribution in [2.45, 2.75) is 52.0 Å². The molecule has 156 valence electrons. The summed E-state index contributed by atoms with van der Waals surface area (Å²) in [5.74, 6) is 0.614. The van der Waals surface area contributed by atoms with E-state index in [1.807, 2.05) is 7.05 Å². The Morgan fingerprint density at radius 2 is 1.93 bits per heavy atom. The molecule has 0 spiro atoms. The number of carbonyl (C=O) groups excluding carboxylic acids is 1. The summed E-state index contributed by atoms with van der Waals surface area (Å²) >= 11 is 0. The predicted molar refractivity (Wildman–Crippen MR) is 116 cm³/mol. The molecule has 0 saturated carbocycles. The highest BCUT2D eigenvalue weighted by atomic mass is 16.1. The molecular formula is C22H37N5O. The van der Waals surface area contributed by atoms with Crippen molar-refractivity contribution in [3.05, 3.63) is 35.9 Å². The normalized spacial score (nSPS) is 16.8. The van der Waals surface area contributed by atoms with Gasteiger partial charge in [-0.2, -0.15) is 0 Å². The van der Waals surface area contributed by atoms with Gasteiger partial charge in [-0.25, -0.2) is 0 Å². The molecule has 1 aliphatic heterocycles. The number of likely N-dealkylation sites (tertiary alicyclic amines) is 1. The number of nitrogens with two attached hydrogens (primary N) is 1. The third-order valence-electron chi connectivity index (χ3n) is 5.43. The summed E-state index contributed by atoms with van der Waals surface area (Å²) in [6.45, 7) is 7.64. The smallest absolute Gasteiger partial charge is 0.231 e. The molecule has 1 aliphatic rings. The molecule has 1 fully saturated rings. The molecule has 0 aliphatic carbocycles. The van der Waals surface area contributed by atoms with Crippen LogP contribution < -0.4 is 16.4 Å². The Morgan fingerprint density at radius 1 is 1.25 bits per heavy atom. The summed E-state index contributed by atoms with van der Waals surface area (Å²) in [4.78, 5) is 17.5. The second-order valence-electron chi connectivity index (χ2n) is 8.59. The predicted octanol–water partition coefficient (Wildman–Crippen LogP) is 2.15. The fraction of sp³-hybridized carbons (Fsp3) is 0.636. The molecular weight excluding hydrogens is 350 g/mol. The molecule has 0 bridgehead atoms. The molecule has 0 aromatic heterocycles. The first kappa shape index (κ1) is 22.2. The average molecular weight is 388 g/mol. The van der Waals surface area contributed by atoms with Crippen molar-refractivity contribution < 1.29 is 4.79 Å². The van der Waals surface area contributed by atoms with Gasteiger partial charge >= 0.3 is 0 Å². The van der Waals surface area contributed by atoms with Gasteiger partial charge in [0.15, 0.2) is 5.96 Å². The number of aliphatic imine (C=N–C) groups is 1. The summed E-state index contributed by atoms with van der Waals surface area (Å²) in [6.07, 6.45) is 5.46. The quantitative estimate of drug-likeness (QED) is 0.448. The van der Waals surface area contributed by atoms with Gasteiger partial charge in [-0.1, -0.05) is 44.2 Å². The Balaban J connectivity index is 1.68. The van der Waals surface area contributed by atoms with Crippen LogP contribution in [-0.4, -0.2) is 56.0 Å². The lowest BCUT2D eigenvalue weighted by atomic mass is 9.86. The molecule has 1 amide bonds. The lowest BCUT2D eigenvalue weighted by Gasteiger charge is -2.33. The highest BCUT2D eigenvalue weighted by Crippen LogP contribution is 2.22. The van der Waals surface area contributed by atoms with Crippen molar-refractivity contribution in [2.24, 2.45) is 16.1 Å². The van der Waals surface area contributed by atoms with E-state index in [0.29, 0.717) is 12.6 Å². The van der Waals surface area contributed by atoms with Crippen LogP contribution in [0.3, 0.4) is 0 Å². The third-order valence-corrected chi connectivity index (χ3v) is 5.43. The maximum Gasteiger partial charge on any atom is 0.231 e. The highest BCUT2D eigenvalue weighted by molar-refractivity contribution is 5.80. The van der Waals surface area contributed by atoms with E-state index >= 15 is 0 Å². The number of amides is 1. The molecule has 6 nitrogen and oxygen atoms in total. The summed E-state index contributed by atoms with van der Waals surface area (Å²) in [6, 6.07) is 11.1. The first-order valence-corrected chi connectivity index (χ1v) is 10.4. The van der Waals surface area contributed by atoms with E-state index in [4.69, 9.17) is 5.73 Å². The second kappa shape index (κ2) is 11.1. The molecule has 6 heteroatoms. The van der Waals surface area contributed by atoms with Crippen molar-refractivity contribution in [3.8, 4) is 0 Å². The van der Waals surface area contributed by atoms with Crippen LogP contribution in [0.4, 0.5) is 0 Å². The molecule has 1 heterocycles. The molecule has 1 aromatic rings. The van der Waals surface area contributed by atoms with Crippen LogP contribution in [0.2, 0.25) is 0 Å². The van der Waals surface area contributed by atoms with Gasteiger partial charge < -0.3 is 16.4 Å². The first-order chi connectivity index (χ1) is 13.4. The van der Waals surface area contributed by atoms with Crippen molar-refractivity contribution in [3.63, 3.8) is 0 Å². The number of carbonyl (C=O) groups is 1. The number of primary amides is 1. The summed E-state index contributed by atoms with van der Waals surface area (Å²) in [5.41, 5.74) is 6.90. The van der Waals surface area contributed by atoms with Crippen LogP contribution in [0, 0.1) is 5.41 Å². The van der Waals surface area contributed by atoms with Gasteiger partial charge in [-0.15, -0.1) is 0 Å². The van der Waals surface area contributed by atoms with Gasteiger partial charge in [-0.3, -0.25) is 14.7 Å².